The molecule has 3 nitrogen and oxygen atoms in total. The Hall–Kier alpha value is -0.940. The van der Waals surface area contributed by atoms with Gasteiger partial charge in [-0.15, -0.1) is 11.3 Å². The van der Waals surface area contributed by atoms with Crippen molar-refractivity contribution in [3.8, 4) is 0 Å². The van der Waals surface area contributed by atoms with Crippen molar-refractivity contribution in [2.24, 2.45) is 0 Å². The van der Waals surface area contributed by atoms with Crippen LogP contribution >= 0.6 is 24.0 Å². The Bertz CT molecular complexity index is 559. The van der Waals surface area contributed by atoms with E-state index in [1.54, 1.807) is 6.07 Å². The fourth-order valence-electron chi connectivity index (χ4n) is 1.49. The summed E-state index contributed by atoms with van der Waals surface area (Å²) >= 11 is 5.59. The monoisotopic (exact) mass is 255 g/mol. The van der Waals surface area contributed by atoms with E-state index in [2.05, 4.69) is 12.6 Å². The summed E-state index contributed by atoms with van der Waals surface area (Å²) in [6.07, 6.45) is 0. The minimum absolute atomic E-state index is 0.0281. The van der Waals surface area contributed by atoms with Gasteiger partial charge in [0.15, 0.2) is 11.5 Å². The van der Waals surface area contributed by atoms with Gasteiger partial charge in [0, 0.05) is 31.0 Å². The van der Waals surface area contributed by atoms with Crippen molar-refractivity contribution in [3.63, 3.8) is 0 Å². The molecule has 2 rings (SSSR count). The third-order valence-electron chi connectivity index (χ3n) is 2.41. The highest BCUT2D eigenvalue weighted by atomic mass is 32.1. The molecule has 16 heavy (non-hydrogen) atoms. The topological polar surface area (TPSA) is 33.5 Å². The predicted octanol–water partition coefficient (Wildman–Crippen LogP) is 2.53. The average molecular weight is 255 g/mol. The lowest BCUT2D eigenvalue weighted by atomic mass is 10.3. The maximum absolute atomic E-state index is 11.8. The Morgan fingerprint density at radius 1 is 1.56 bits per heavy atom. The van der Waals surface area contributed by atoms with Crippen LogP contribution in [0, 0.1) is 6.92 Å². The lowest BCUT2D eigenvalue weighted by Crippen LogP contribution is -2.20. The fraction of sp³-hybridized carbons (Fsp3) is 0.364. The van der Waals surface area contributed by atoms with Crippen LogP contribution in [0.1, 0.15) is 5.56 Å². The molecule has 5 heteroatoms. The van der Waals surface area contributed by atoms with E-state index < -0.39 is 0 Å². The number of hydrogen-bond donors (Lipinski definition) is 1. The number of rotatable bonds is 3. The van der Waals surface area contributed by atoms with Crippen LogP contribution < -0.4 is 10.3 Å². The van der Waals surface area contributed by atoms with Gasteiger partial charge < -0.3 is 9.32 Å². The zero-order valence-electron chi connectivity index (χ0n) is 9.19. The van der Waals surface area contributed by atoms with E-state index in [4.69, 9.17) is 4.42 Å². The first kappa shape index (κ1) is 11.5. The molecule has 0 aliphatic heterocycles. The van der Waals surface area contributed by atoms with E-state index in [1.165, 1.54) is 11.3 Å². The van der Waals surface area contributed by atoms with Gasteiger partial charge >= 0.3 is 0 Å². The number of nitrogens with zero attached hydrogens (tertiary/aromatic N) is 1. The molecule has 0 spiro atoms. The van der Waals surface area contributed by atoms with Crippen molar-refractivity contribution in [2.75, 3.05) is 24.2 Å². The number of thiol groups is 1. The van der Waals surface area contributed by atoms with Gasteiger partial charge in [-0.25, -0.2) is 0 Å². The zero-order chi connectivity index (χ0) is 11.7. The Morgan fingerprint density at radius 3 is 3.00 bits per heavy atom. The van der Waals surface area contributed by atoms with E-state index in [-0.39, 0.29) is 5.43 Å². The highest BCUT2D eigenvalue weighted by molar-refractivity contribution is 7.80. The molecule has 0 saturated carbocycles. The van der Waals surface area contributed by atoms with Crippen molar-refractivity contribution < 1.29 is 4.42 Å². The molecule has 2 aromatic rings. The average Bonchev–Trinajstić information content (AvgIpc) is 2.61. The molecular weight excluding hydrogens is 242 g/mol. The van der Waals surface area contributed by atoms with E-state index in [0.717, 1.165) is 17.9 Å². The van der Waals surface area contributed by atoms with Crippen LogP contribution in [-0.2, 0) is 0 Å². The zero-order valence-corrected chi connectivity index (χ0v) is 10.9. The largest absolute Gasteiger partial charge is 0.439 e. The summed E-state index contributed by atoms with van der Waals surface area (Å²) in [5.74, 6) is 1.33. The normalized spacial score (nSPS) is 10.9. The summed E-state index contributed by atoms with van der Waals surface area (Å²) < 4.78 is 6.43. The molecule has 0 saturated heterocycles. The lowest BCUT2D eigenvalue weighted by Gasteiger charge is -2.15. The molecule has 0 amide bonds. The maximum atomic E-state index is 11.8. The molecule has 2 heterocycles. The first-order valence-corrected chi connectivity index (χ1v) is 6.48. The van der Waals surface area contributed by atoms with Crippen molar-refractivity contribution >= 4 is 40.1 Å². The molecule has 0 radical (unpaired) electrons. The van der Waals surface area contributed by atoms with E-state index in [1.807, 2.05) is 24.3 Å². The van der Waals surface area contributed by atoms with Crippen molar-refractivity contribution in [1.82, 2.24) is 0 Å². The number of fused-ring (bicyclic) bond motifs is 1. The SMILES string of the molecule is Cc1csc2c(=O)cc(N(C)CCS)oc12. The van der Waals surface area contributed by atoms with Gasteiger partial charge in [-0.2, -0.15) is 12.6 Å². The van der Waals surface area contributed by atoms with E-state index in [0.29, 0.717) is 16.2 Å². The summed E-state index contributed by atoms with van der Waals surface area (Å²) in [7, 11) is 1.89. The predicted molar refractivity (Wildman–Crippen MR) is 72.2 cm³/mol. The second kappa shape index (κ2) is 4.51. The lowest BCUT2D eigenvalue weighted by molar-refractivity contribution is 0.588. The van der Waals surface area contributed by atoms with Crippen molar-refractivity contribution in [2.45, 2.75) is 6.92 Å². The molecule has 86 valence electrons. The van der Waals surface area contributed by atoms with Crippen LogP contribution in [0.15, 0.2) is 20.7 Å². The highest BCUT2D eigenvalue weighted by Crippen LogP contribution is 2.25. The van der Waals surface area contributed by atoms with E-state index in [9.17, 15) is 4.79 Å². The number of anilines is 1. The van der Waals surface area contributed by atoms with Gasteiger partial charge in [0.1, 0.15) is 4.70 Å². The van der Waals surface area contributed by atoms with Gasteiger partial charge in [-0.1, -0.05) is 0 Å². The van der Waals surface area contributed by atoms with Crippen LogP contribution in [0.4, 0.5) is 5.88 Å². The van der Waals surface area contributed by atoms with Gasteiger partial charge in [0.25, 0.3) is 0 Å². The molecular formula is C11H13NO2S2. The Kier molecular flexibility index (Phi) is 3.25. The minimum Gasteiger partial charge on any atom is -0.439 e. The molecule has 0 aliphatic carbocycles. The second-order valence-corrected chi connectivity index (χ2v) is 5.00. The van der Waals surface area contributed by atoms with Gasteiger partial charge in [-0.3, -0.25) is 4.79 Å². The molecule has 0 bridgehead atoms. The molecule has 0 atom stereocenters. The van der Waals surface area contributed by atoms with E-state index >= 15 is 0 Å². The second-order valence-electron chi connectivity index (χ2n) is 3.67. The standard InChI is InChI=1S/C11H13NO2S2/c1-7-6-16-11-8(13)5-9(14-10(7)11)12(2)3-4-15/h5-6,15H,3-4H2,1-2H3. The summed E-state index contributed by atoms with van der Waals surface area (Å²) in [6.45, 7) is 2.70. The van der Waals surface area contributed by atoms with Gasteiger partial charge in [0.2, 0.25) is 5.43 Å². The Labute approximate surface area is 103 Å². The number of aryl methyl sites for hydroxylation is 1. The summed E-state index contributed by atoms with van der Waals surface area (Å²) in [5, 5.41) is 1.94. The van der Waals surface area contributed by atoms with Crippen LogP contribution in [-0.4, -0.2) is 19.3 Å². The Morgan fingerprint density at radius 2 is 2.31 bits per heavy atom. The van der Waals surface area contributed by atoms with Crippen LogP contribution in [0.25, 0.3) is 10.3 Å². The third-order valence-corrected chi connectivity index (χ3v) is 3.71. The Balaban J connectivity index is 2.56. The van der Waals surface area contributed by atoms with Gasteiger partial charge in [-0.05, 0) is 12.3 Å². The first-order chi connectivity index (χ1) is 7.63. The molecule has 0 aromatic carbocycles. The van der Waals surface area contributed by atoms with Crippen LogP contribution in [0.3, 0.4) is 0 Å². The molecule has 0 unspecified atom stereocenters. The van der Waals surface area contributed by atoms with Crippen molar-refractivity contribution in [3.05, 3.63) is 27.2 Å². The summed E-state index contributed by atoms with van der Waals surface area (Å²) in [4.78, 5) is 13.7. The van der Waals surface area contributed by atoms with Crippen LogP contribution in [0.5, 0.6) is 0 Å². The molecule has 0 aliphatic rings. The van der Waals surface area contributed by atoms with Crippen LogP contribution in [0.2, 0.25) is 0 Å². The molecule has 2 aromatic heterocycles. The third kappa shape index (κ3) is 1.97. The summed E-state index contributed by atoms with van der Waals surface area (Å²) in [5.41, 5.74) is 1.75. The van der Waals surface area contributed by atoms with Crippen molar-refractivity contribution in [1.29, 1.82) is 0 Å². The molecule has 0 N–H and O–H groups in total. The minimum atomic E-state index is 0.0281. The van der Waals surface area contributed by atoms with Gasteiger partial charge in [0.05, 0.1) is 0 Å². The number of thiophene rings is 1. The molecule has 0 fully saturated rings. The maximum Gasteiger partial charge on any atom is 0.204 e. The summed E-state index contributed by atoms with van der Waals surface area (Å²) in [6, 6.07) is 1.54. The smallest absolute Gasteiger partial charge is 0.204 e. The highest BCUT2D eigenvalue weighted by Gasteiger charge is 2.11. The number of hydrogen-bond acceptors (Lipinski definition) is 5. The quantitative estimate of drug-likeness (QED) is 0.856. The first-order valence-electron chi connectivity index (χ1n) is 4.97. The fourth-order valence-corrected chi connectivity index (χ4v) is 2.68.